The molecule has 3 heterocycles. The van der Waals surface area contributed by atoms with Crippen LogP contribution in [-0.2, 0) is 6.54 Å². The number of imidazole rings is 1. The molecule has 0 saturated heterocycles. The molecular weight excluding hydrogens is 497 g/mol. The average molecular weight is 520 g/mol. The molecule has 0 spiro atoms. The lowest BCUT2D eigenvalue weighted by Crippen LogP contribution is -2.21. The Morgan fingerprint density at radius 3 is 2.44 bits per heavy atom. The Balaban J connectivity index is 1.47. The molecule has 2 N–H and O–H groups in total. The molecule has 0 aliphatic carbocycles. The van der Waals surface area contributed by atoms with Crippen LogP contribution >= 0.6 is 23.2 Å². The van der Waals surface area contributed by atoms with Gasteiger partial charge in [-0.05, 0) is 41.0 Å². The van der Waals surface area contributed by atoms with Crippen molar-refractivity contribution in [1.29, 1.82) is 0 Å². The smallest absolute Gasteiger partial charge is 0.312 e. The third-order valence-corrected chi connectivity index (χ3v) is 6.80. The summed E-state index contributed by atoms with van der Waals surface area (Å²) in [6, 6.07) is 17.1. The van der Waals surface area contributed by atoms with E-state index in [2.05, 4.69) is 37.5 Å². The number of hydrogen-bond acceptors (Lipinski definition) is 5. The van der Waals surface area contributed by atoms with Crippen LogP contribution in [0.4, 0.5) is 0 Å². The highest BCUT2D eigenvalue weighted by Gasteiger charge is 2.24. The number of H-pyrrole nitrogens is 2. The van der Waals surface area contributed by atoms with Gasteiger partial charge in [0, 0.05) is 45.2 Å². The average Bonchev–Trinajstić information content (AvgIpc) is 3.55. The first kappa shape index (κ1) is 24.0. The van der Waals surface area contributed by atoms with E-state index in [1.807, 2.05) is 54.6 Å². The number of aromatic amines is 2. The van der Waals surface area contributed by atoms with Crippen LogP contribution < -0.4 is 5.69 Å². The molecule has 2 aromatic carbocycles. The van der Waals surface area contributed by atoms with E-state index < -0.39 is 0 Å². The molecule has 1 atom stereocenters. The standard InChI is InChI=1S/C26H23Cl2N7O/c1-2-6-19(24-20(27)9-5-10-21(24)28)23-14-30-26(36)35(23)15-16-11-12-22(29-13-16)17-7-3-4-8-18(17)25-31-33-34-32-25/h3-5,7-14,19H,2,6,15H2,1H3,(H,30,36)(H,31,32,33,34). The topological polar surface area (TPSA) is 105 Å². The van der Waals surface area contributed by atoms with Gasteiger partial charge in [0.2, 0.25) is 5.82 Å². The summed E-state index contributed by atoms with van der Waals surface area (Å²) in [6.45, 7) is 2.46. The number of nitrogens with one attached hydrogen (secondary N) is 2. The highest BCUT2D eigenvalue weighted by Crippen LogP contribution is 2.38. The van der Waals surface area contributed by atoms with Crippen molar-refractivity contribution in [3.05, 3.63) is 104 Å². The first-order valence-electron chi connectivity index (χ1n) is 11.6. The summed E-state index contributed by atoms with van der Waals surface area (Å²) in [6.07, 6.45) is 5.24. The number of tetrazole rings is 1. The van der Waals surface area contributed by atoms with Crippen LogP contribution in [0.25, 0.3) is 22.6 Å². The van der Waals surface area contributed by atoms with E-state index in [1.165, 1.54) is 0 Å². The highest BCUT2D eigenvalue weighted by atomic mass is 35.5. The second-order valence-corrected chi connectivity index (χ2v) is 9.23. The van der Waals surface area contributed by atoms with Gasteiger partial charge in [0.25, 0.3) is 0 Å². The van der Waals surface area contributed by atoms with E-state index in [1.54, 1.807) is 17.0 Å². The molecule has 36 heavy (non-hydrogen) atoms. The molecule has 5 rings (SSSR count). The Labute approximate surface area is 217 Å². The molecule has 182 valence electrons. The minimum absolute atomic E-state index is 0.121. The van der Waals surface area contributed by atoms with Crippen molar-refractivity contribution in [2.24, 2.45) is 0 Å². The van der Waals surface area contributed by atoms with Crippen LogP contribution in [0.15, 0.2) is 71.8 Å². The van der Waals surface area contributed by atoms with Crippen molar-refractivity contribution in [1.82, 2.24) is 35.2 Å². The van der Waals surface area contributed by atoms with E-state index in [0.29, 0.717) is 22.4 Å². The molecule has 0 saturated carbocycles. The number of pyridine rings is 1. The van der Waals surface area contributed by atoms with Crippen molar-refractivity contribution in [2.45, 2.75) is 32.2 Å². The Morgan fingerprint density at radius 1 is 1.00 bits per heavy atom. The number of hydrogen-bond donors (Lipinski definition) is 2. The molecule has 3 aromatic heterocycles. The summed E-state index contributed by atoms with van der Waals surface area (Å²) in [5.41, 5.74) is 4.86. The van der Waals surface area contributed by atoms with E-state index >= 15 is 0 Å². The fourth-order valence-electron chi connectivity index (χ4n) is 4.47. The van der Waals surface area contributed by atoms with Crippen molar-refractivity contribution >= 4 is 23.2 Å². The van der Waals surface area contributed by atoms with Crippen molar-refractivity contribution < 1.29 is 0 Å². The number of halogens is 2. The van der Waals surface area contributed by atoms with Crippen LogP contribution in [0.3, 0.4) is 0 Å². The maximum absolute atomic E-state index is 12.8. The van der Waals surface area contributed by atoms with E-state index in [0.717, 1.165) is 46.5 Å². The molecule has 1 unspecified atom stereocenters. The second kappa shape index (κ2) is 10.5. The lowest BCUT2D eigenvalue weighted by atomic mass is 9.91. The third kappa shape index (κ3) is 4.69. The Hall–Kier alpha value is -3.75. The van der Waals surface area contributed by atoms with Gasteiger partial charge in [-0.25, -0.2) is 4.79 Å². The van der Waals surface area contributed by atoms with Gasteiger partial charge in [-0.3, -0.25) is 9.55 Å². The Morgan fingerprint density at radius 2 is 1.78 bits per heavy atom. The largest absolute Gasteiger partial charge is 0.326 e. The fourth-order valence-corrected chi connectivity index (χ4v) is 5.13. The van der Waals surface area contributed by atoms with Gasteiger partial charge >= 0.3 is 5.69 Å². The molecule has 5 aromatic rings. The monoisotopic (exact) mass is 519 g/mol. The van der Waals surface area contributed by atoms with Gasteiger partial charge in [-0.15, -0.1) is 10.2 Å². The summed E-state index contributed by atoms with van der Waals surface area (Å²) >= 11 is 13.1. The molecule has 0 fully saturated rings. The maximum Gasteiger partial charge on any atom is 0.326 e. The van der Waals surface area contributed by atoms with Crippen LogP contribution in [-0.4, -0.2) is 35.2 Å². The van der Waals surface area contributed by atoms with Gasteiger partial charge in [-0.2, -0.15) is 5.21 Å². The summed E-state index contributed by atoms with van der Waals surface area (Å²) in [5, 5.41) is 15.5. The molecule has 8 nitrogen and oxygen atoms in total. The third-order valence-electron chi connectivity index (χ3n) is 6.14. The van der Waals surface area contributed by atoms with Gasteiger partial charge in [0.05, 0.1) is 12.2 Å². The van der Waals surface area contributed by atoms with Crippen molar-refractivity contribution in [3.63, 3.8) is 0 Å². The molecule has 10 heteroatoms. The molecule has 0 aliphatic rings. The molecule has 0 aliphatic heterocycles. The highest BCUT2D eigenvalue weighted by molar-refractivity contribution is 6.36. The molecule has 0 bridgehead atoms. The van der Waals surface area contributed by atoms with E-state index in [4.69, 9.17) is 23.2 Å². The van der Waals surface area contributed by atoms with Crippen LogP contribution in [0.5, 0.6) is 0 Å². The number of benzene rings is 2. The second-order valence-electron chi connectivity index (χ2n) is 8.41. The number of rotatable bonds is 8. The summed E-state index contributed by atoms with van der Waals surface area (Å²) in [7, 11) is 0. The minimum Gasteiger partial charge on any atom is -0.312 e. The first-order valence-corrected chi connectivity index (χ1v) is 12.3. The van der Waals surface area contributed by atoms with Gasteiger partial charge in [0.15, 0.2) is 0 Å². The zero-order valence-electron chi connectivity index (χ0n) is 19.4. The summed E-state index contributed by atoms with van der Waals surface area (Å²) < 4.78 is 1.73. The quantitative estimate of drug-likeness (QED) is 0.273. The molecule has 0 amide bonds. The molecule has 0 radical (unpaired) electrons. The van der Waals surface area contributed by atoms with Gasteiger partial charge < -0.3 is 4.98 Å². The minimum atomic E-state index is -0.194. The summed E-state index contributed by atoms with van der Waals surface area (Å²) in [5.74, 6) is 0.379. The molecular formula is C26H23Cl2N7O. The predicted molar refractivity (Wildman–Crippen MR) is 140 cm³/mol. The zero-order chi connectivity index (χ0) is 25.1. The van der Waals surface area contributed by atoms with Crippen LogP contribution in [0, 0.1) is 0 Å². The number of aromatic nitrogens is 7. The van der Waals surface area contributed by atoms with E-state index in [9.17, 15) is 4.79 Å². The fraction of sp³-hybridized carbons (Fsp3) is 0.192. The number of nitrogens with zero attached hydrogens (tertiary/aromatic N) is 5. The lowest BCUT2D eigenvalue weighted by molar-refractivity contribution is 0.620. The first-order chi connectivity index (χ1) is 17.6. The SMILES string of the molecule is CCCC(c1c(Cl)cccc1Cl)c1c[nH]c(=O)n1Cc1ccc(-c2ccccc2-c2nn[nH]n2)nc1. The van der Waals surface area contributed by atoms with Crippen molar-refractivity contribution in [3.8, 4) is 22.6 Å². The van der Waals surface area contributed by atoms with Gasteiger partial charge in [-0.1, -0.05) is 72.9 Å². The van der Waals surface area contributed by atoms with Crippen LogP contribution in [0.1, 0.15) is 42.5 Å². The lowest BCUT2D eigenvalue weighted by Gasteiger charge is -2.21. The normalized spacial score (nSPS) is 12.1. The predicted octanol–water partition coefficient (Wildman–Crippen LogP) is 5.71. The van der Waals surface area contributed by atoms with Crippen LogP contribution in [0.2, 0.25) is 10.0 Å². The maximum atomic E-state index is 12.8. The van der Waals surface area contributed by atoms with Gasteiger partial charge in [0.1, 0.15) is 0 Å². The Kier molecular flexibility index (Phi) is 6.97. The zero-order valence-corrected chi connectivity index (χ0v) is 21.0. The summed E-state index contributed by atoms with van der Waals surface area (Å²) in [4.78, 5) is 20.3. The van der Waals surface area contributed by atoms with Crippen molar-refractivity contribution in [2.75, 3.05) is 0 Å². The van der Waals surface area contributed by atoms with E-state index in [-0.39, 0.29) is 11.6 Å². The Bertz CT molecular complexity index is 1500.